The lowest BCUT2D eigenvalue weighted by molar-refractivity contribution is 0.418. The highest BCUT2D eigenvalue weighted by Crippen LogP contribution is 2.33. The lowest BCUT2D eigenvalue weighted by Gasteiger charge is -2.10. The Hall–Kier alpha value is -2.20. The highest BCUT2D eigenvalue weighted by Gasteiger charge is 2.08. The molecule has 0 aliphatic heterocycles. The summed E-state index contributed by atoms with van der Waals surface area (Å²) in [7, 11) is 1.64. The van der Waals surface area contributed by atoms with Crippen LogP contribution in [-0.2, 0) is 0 Å². The van der Waals surface area contributed by atoms with Crippen LogP contribution < -0.4 is 9.47 Å². The van der Waals surface area contributed by atoms with E-state index in [4.69, 9.17) is 9.47 Å². The van der Waals surface area contributed by atoms with Gasteiger partial charge in [-0.1, -0.05) is 6.07 Å². The van der Waals surface area contributed by atoms with Crippen molar-refractivity contribution >= 4 is 22.7 Å². The van der Waals surface area contributed by atoms with Gasteiger partial charge in [0.05, 0.1) is 7.11 Å². The molecule has 1 heterocycles. The number of nitrogens with zero attached hydrogens (tertiary/aromatic N) is 1. The van der Waals surface area contributed by atoms with Gasteiger partial charge in [0.15, 0.2) is 0 Å². The molecule has 0 N–H and O–H groups in total. The van der Waals surface area contributed by atoms with Crippen molar-refractivity contribution in [2.24, 2.45) is 0 Å². The van der Waals surface area contributed by atoms with E-state index in [-0.39, 0.29) is 0 Å². The third-order valence-corrected chi connectivity index (χ3v) is 3.94. The fourth-order valence-corrected chi connectivity index (χ4v) is 2.56. The van der Waals surface area contributed by atoms with E-state index in [0.717, 1.165) is 28.2 Å². The van der Waals surface area contributed by atoms with E-state index in [9.17, 15) is 0 Å². The molecule has 3 nitrogen and oxygen atoms in total. The van der Waals surface area contributed by atoms with Crippen LogP contribution in [-0.4, -0.2) is 18.3 Å². The number of thioether (sulfide) groups is 1. The molecule has 0 radical (unpaired) electrons. The first kappa shape index (κ1) is 13.8. The van der Waals surface area contributed by atoms with Gasteiger partial charge in [-0.15, -0.1) is 11.8 Å². The molecule has 0 spiro atoms. The number of hydrogen-bond donors (Lipinski definition) is 0. The molecule has 2 aromatic carbocycles. The first-order valence-electron chi connectivity index (χ1n) is 6.55. The zero-order chi connectivity index (χ0) is 14.7. The fraction of sp³-hybridized carbons (Fsp3) is 0.118. The second-order valence-electron chi connectivity index (χ2n) is 4.44. The molecule has 0 fully saturated rings. The Kier molecular flexibility index (Phi) is 3.97. The highest BCUT2D eigenvalue weighted by atomic mass is 32.2. The number of para-hydroxylation sites is 1. The number of pyridine rings is 1. The molecule has 0 aliphatic carbocycles. The van der Waals surface area contributed by atoms with Crippen LogP contribution in [0.15, 0.2) is 59.6 Å². The Balaban J connectivity index is 2.00. The summed E-state index contributed by atoms with van der Waals surface area (Å²) < 4.78 is 11.3. The molecule has 0 saturated heterocycles. The van der Waals surface area contributed by atoms with E-state index >= 15 is 0 Å². The van der Waals surface area contributed by atoms with E-state index in [1.54, 1.807) is 25.1 Å². The molecule has 1 aromatic heterocycles. The van der Waals surface area contributed by atoms with Gasteiger partial charge >= 0.3 is 0 Å². The normalized spacial score (nSPS) is 10.6. The monoisotopic (exact) mass is 297 g/mol. The van der Waals surface area contributed by atoms with E-state index in [2.05, 4.69) is 11.2 Å². The number of benzene rings is 2. The molecular formula is C17H15NO2S. The Morgan fingerprint density at radius 2 is 1.76 bits per heavy atom. The number of hydrogen-bond acceptors (Lipinski definition) is 4. The van der Waals surface area contributed by atoms with Crippen molar-refractivity contribution < 1.29 is 9.47 Å². The average Bonchev–Trinajstić information content (AvgIpc) is 2.55. The summed E-state index contributed by atoms with van der Waals surface area (Å²) in [6, 6.07) is 15.7. The molecule has 0 amide bonds. The SMILES string of the molecule is COc1cccc2c(Oc3ccc(SC)cc3)ccnc12. The number of aromatic nitrogens is 1. The number of rotatable bonds is 4. The van der Waals surface area contributed by atoms with E-state index < -0.39 is 0 Å². The van der Waals surface area contributed by atoms with Crippen LogP contribution in [0.4, 0.5) is 0 Å². The number of ether oxygens (including phenoxy) is 2. The second-order valence-corrected chi connectivity index (χ2v) is 5.32. The standard InChI is InChI=1S/C17H15NO2S/c1-19-16-5-3-4-14-15(10-11-18-17(14)16)20-12-6-8-13(21-2)9-7-12/h3-11H,1-2H3. The molecule has 0 atom stereocenters. The van der Waals surface area contributed by atoms with Crippen molar-refractivity contribution in [3.05, 3.63) is 54.7 Å². The molecule has 0 bridgehead atoms. The van der Waals surface area contributed by atoms with Gasteiger partial charge in [-0.3, -0.25) is 4.98 Å². The third-order valence-electron chi connectivity index (χ3n) is 3.20. The van der Waals surface area contributed by atoms with Gasteiger partial charge in [0.1, 0.15) is 22.8 Å². The van der Waals surface area contributed by atoms with Crippen LogP contribution >= 0.6 is 11.8 Å². The van der Waals surface area contributed by atoms with Gasteiger partial charge in [0.2, 0.25) is 0 Å². The van der Waals surface area contributed by atoms with Crippen molar-refractivity contribution in [3.8, 4) is 17.2 Å². The molecule has 106 valence electrons. The summed E-state index contributed by atoms with van der Waals surface area (Å²) in [5.74, 6) is 2.33. The van der Waals surface area contributed by atoms with Crippen LogP contribution in [0.5, 0.6) is 17.2 Å². The van der Waals surface area contributed by atoms with E-state index in [1.165, 1.54) is 4.90 Å². The van der Waals surface area contributed by atoms with Crippen molar-refractivity contribution in [2.45, 2.75) is 4.90 Å². The predicted molar refractivity (Wildman–Crippen MR) is 86.6 cm³/mol. The van der Waals surface area contributed by atoms with Crippen molar-refractivity contribution in [1.29, 1.82) is 0 Å². The zero-order valence-electron chi connectivity index (χ0n) is 11.9. The highest BCUT2D eigenvalue weighted by molar-refractivity contribution is 7.98. The van der Waals surface area contributed by atoms with Crippen molar-refractivity contribution in [1.82, 2.24) is 4.98 Å². The minimum absolute atomic E-state index is 0.746. The average molecular weight is 297 g/mol. The van der Waals surface area contributed by atoms with Crippen LogP contribution in [0, 0.1) is 0 Å². The lowest BCUT2D eigenvalue weighted by Crippen LogP contribution is -1.90. The number of methoxy groups -OCH3 is 1. The lowest BCUT2D eigenvalue weighted by atomic mass is 10.2. The van der Waals surface area contributed by atoms with Gasteiger partial charge in [-0.05, 0) is 48.7 Å². The first-order chi connectivity index (χ1) is 10.3. The molecule has 21 heavy (non-hydrogen) atoms. The maximum Gasteiger partial charge on any atom is 0.145 e. The van der Waals surface area contributed by atoms with Gasteiger partial charge < -0.3 is 9.47 Å². The number of fused-ring (bicyclic) bond motifs is 1. The molecule has 0 unspecified atom stereocenters. The topological polar surface area (TPSA) is 31.4 Å². The minimum Gasteiger partial charge on any atom is -0.494 e. The fourth-order valence-electron chi connectivity index (χ4n) is 2.15. The molecule has 0 aliphatic rings. The van der Waals surface area contributed by atoms with E-state index in [1.807, 2.05) is 48.5 Å². The maximum absolute atomic E-state index is 5.99. The largest absolute Gasteiger partial charge is 0.494 e. The summed E-state index contributed by atoms with van der Waals surface area (Å²) >= 11 is 1.71. The predicted octanol–water partition coefficient (Wildman–Crippen LogP) is 4.76. The maximum atomic E-state index is 5.99. The Labute approximate surface area is 127 Å². The third kappa shape index (κ3) is 2.81. The van der Waals surface area contributed by atoms with Crippen molar-refractivity contribution in [2.75, 3.05) is 13.4 Å². The molecule has 3 aromatic rings. The van der Waals surface area contributed by atoms with Gasteiger partial charge in [-0.2, -0.15) is 0 Å². The summed E-state index contributed by atoms with van der Waals surface area (Å²) in [5, 5.41) is 0.936. The molecule has 0 saturated carbocycles. The second kappa shape index (κ2) is 6.06. The molecule has 3 rings (SSSR count). The Morgan fingerprint density at radius 3 is 2.48 bits per heavy atom. The van der Waals surface area contributed by atoms with E-state index in [0.29, 0.717) is 0 Å². The molecule has 4 heteroatoms. The smallest absolute Gasteiger partial charge is 0.145 e. The van der Waals surface area contributed by atoms with Crippen molar-refractivity contribution in [3.63, 3.8) is 0 Å². The summed E-state index contributed by atoms with van der Waals surface area (Å²) in [4.78, 5) is 5.58. The summed E-state index contributed by atoms with van der Waals surface area (Å²) in [6.45, 7) is 0. The van der Waals surface area contributed by atoms with Gasteiger partial charge in [-0.25, -0.2) is 0 Å². The zero-order valence-corrected chi connectivity index (χ0v) is 12.7. The van der Waals surface area contributed by atoms with Gasteiger partial charge in [0.25, 0.3) is 0 Å². The first-order valence-corrected chi connectivity index (χ1v) is 7.78. The minimum atomic E-state index is 0.746. The molecular weight excluding hydrogens is 282 g/mol. The van der Waals surface area contributed by atoms with Crippen LogP contribution in [0.2, 0.25) is 0 Å². The Morgan fingerprint density at radius 1 is 0.952 bits per heavy atom. The quantitative estimate of drug-likeness (QED) is 0.650. The summed E-state index contributed by atoms with van der Waals surface area (Å²) in [6.07, 6.45) is 3.79. The van der Waals surface area contributed by atoms with Gasteiger partial charge in [0, 0.05) is 16.5 Å². The van der Waals surface area contributed by atoms with Crippen LogP contribution in [0.25, 0.3) is 10.9 Å². The van der Waals surface area contributed by atoms with Crippen LogP contribution in [0.3, 0.4) is 0 Å². The summed E-state index contributed by atoms with van der Waals surface area (Å²) in [5.41, 5.74) is 0.804. The Bertz CT molecular complexity index is 756. The van der Waals surface area contributed by atoms with Crippen LogP contribution in [0.1, 0.15) is 0 Å².